The third-order valence-corrected chi connectivity index (χ3v) is 4.59. The van der Waals surface area contributed by atoms with Crippen molar-refractivity contribution in [2.24, 2.45) is 0 Å². The number of hydrogen-bond donors (Lipinski definition) is 1. The van der Waals surface area contributed by atoms with Crippen molar-refractivity contribution >= 4 is 22.3 Å². The van der Waals surface area contributed by atoms with Crippen molar-refractivity contribution in [1.82, 2.24) is 14.3 Å². The van der Waals surface area contributed by atoms with E-state index in [2.05, 4.69) is 4.98 Å². The summed E-state index contributed by atoms with van der Waals surface area (Å²) in [6.45, 7) is 3.02. The van der Waals surface area contributed by atoms with Gasteiger partial charge in [0, 0.05) is 23.7 Å². The molecule has 0 amide bonds. The standard InChI is InChI=1S/C13H15N3O3S/c1-8-7-20-13-14-9(5-11(17)16(8)13)6-15-4-2-3-10(15)12(18)19/h5,7,10H,2-4,6H2,1H3,(H,18,19). The average Bonchev–Trinajstić information content (AvgIpc) is 2.97. The fourth-order valence-corrected chi connectivity index (χ4v) is 3.58. The molecule has 1 aliphatic rings. The number of aromatic nitrogens is 2. The predicted octanol–water partition coefficient (Wildman–Crippen LogP) is 1.11. The highest BCUT2D eigenvalue weighted by Crippen LogP contribution is 2.20. The molecule has 1 aliphatic heterocycles. The first kappa shape index (κ1) is 13.3. The summed E-state index contributed by atoms with van der Waals surface area (Å²) in [6.07, 6.45) is 1.53. The largest absolute Gasteiger partial charge is 0.480 e. The normalized spacial score (nSPS) is 19.8. The maximum atomic E-state index is 12.1. The molecule has 6 nitrogen and oxygen atoms in total. The van der Waals surface area contributed by atoms with E-state index in [0.717, 1.165) is 18.7 Å². The van der Waals surface area contributed by atoms with Crippen LogP contribution in [0.5, 0.6) is 0 Å². The zero-order valence-corrected chi connectivity index (χ0v) is 11.9. The van der Waals surface area contributed by atoms with Gasteiger partial charge in [-0.2, -0.15) is 0 Å². The van der Waals surface area contributed by atoms with E-state index in [4.69, 9.17) is 5.11 Å². The van der Waals surface area contributed by atoms with Gasteiger partial charge in [0.05, 0.1) is 5.69 Å². The van der Waals surface area contributed by atoms with Gasteiger partial charge in [-0.15, -0.1) is 11.3 Å². The second-order valence-electron chi connectivity index (χ2n) is 5.05. The first-order valence-corrected chi connectivity index (χ1v) is 7.38. The lowest BCUT2D eigenvalue weighted by molar-refractivity contribution is -0.142. The van der Waals surface area contributed by atoms with Crippen molar-refractivity contribution in [3.8, 4) is 0 Å². The van der Waals surface area contributed by atoms with E-state index < -0.39 is 12.0 Å². The molecule has 1 atom stereocenters. The third kappa shape index (κ3) is 2.23. The number of thiazole rings is 1. The number of rotatable bonds is 3. The van der Waals surface area contributed by atoms with Crippen LogP contribution in [0.2, 0.25) is 0 Å². The molecule has 3 rings (SSSR count). The summed E-state index contributed by atoms with van der Waals surface area (Å²) in [5.74, 6) is -0.799. The van der Waals surface area contributed by atoms with Crippen molar-refractivity contribution in [3.63, 3.8) is 0 Å². The van der Waals surface area contributed by atoms with Gasteiger partial charge in [0.15, 0.2) is 4.96 Å². The number of aliphatic carboxylic acids is 1. The van der Waals surface area contributed by atoms with Crippen LogP contribution in [-0.4, -0.2) is 37.9 Å². The highest BCUT2D eigenvalue weighted by Gasteiger charge is 2.30. The fraction of sp³-hybridized carbons (Fsp3) is 0.462. The minimum absolute atomic E-state index is 0.102. The molecule has 0 saturated carbocycles. The Labute approximate surface area is 119 Å². The monoisotopic (exact) mass is 293 g/mol. The second-order valence-corrected chi connectivity index (χ2v) is 5.88. The molecule has 106 valence electrons. The van der Waals surface area contributed by atoms with Gasteiger partial charge < -0.3 is 5.11 Å². The molecule has 20 heavy (non-hydrogen) atoms. The van der Waals surface area contributed by atoms with Crippen LogP contribution in [0.3, 0.4) is 0 Å². The van der Waals surface area contributed by atoms with Gasteiger partial charge in [0.1, 0.15) is 6.04 Å². The molecule has 0 spiro atoms. The quantitative estimate of drug-likeness (QED) is 0.917. The van der Waals surface area contributed by atoms with Crippen LogP contribution >= 0.6 is 11.3 Å². The highest BCUT2D eigenvalue weighted by molar-refractivity contribution is 7.15. The molecule has 7 heteroatoms. The third-order valence-electron chi connectivity index (χ3n) is 3.64. The summed E-state index contributed by atoms with van der Waals surface area (Å²) in [7, 11) is 0. The summed E-state index contributed by atoms with van der Waals surface area (Å²) < 4.78 is 1.58. The Morgan fingerprint density at radius 3 is 3.15 bits per heavy atom. The summed E-state index contributed by atoms with van der Waals surface area (Å²) in [6, 6.07) is 1.05. The number of likely N-dealkylation sites (tertiary alicyclic amines) is 1. The molecule has 1 N–H and O–H groups in total. The van der Waals surface area contributed by atoms with E-state index in [1.165, 1.54) is 17.4 Å². The average molecular weight is 293 g/mol. The van der Waals surface area contributed by atoms with E-state index in [9.17, 15) is 9.59 Å². The molecule has 1 unspecified atom stereocenters. The number of carbonyl (C=O) groups is 1. The van der Waals surface area contributed by atoms with E-state index in [1.54, 1.807) is 4.40 Å². The maximum absolute atomic E-state index is 12.1. The number of nitrogens with zero attached hydrogens (tertiary/aromatic N) is 3. The van der Waals surface area contributed by atoms with Gasteiger partial charge in [-0.25, -0.2) is 4.98 Å². The minimum atomic E-state index is -0.799. The number of aryl methyl sites for hydroxylation is 1. The van der Waals surface area contributed by atoms with Crippen molar-refractivity contribution in [2.45, 2.75) is 32.4 Å². The Morgan fingerprint density at radius 2 is 2.40 bits per heavy atom. The van der Waals surface area contributed by atoms with Gasteiger partial charge in [-0.1, -0.05) is 0 Å². The summed E-state index contributed by atoms with van der Waals surface area (Å²) in [5, 5.41) is 11.1. The topological polar surface area (TPSA) is 74.9 Å². The molecule has 0 bridgehead atoms. The van der Waals surface area contributed by atoms with Crippen molar-refractivity contribution in [1.29, 1.82) is 0 Å². The predicted molar refractivity (Wildman–Crippen MR) is 75.1 cm³/mol. The lowest BCUT2D eigenvalue weighted by Gasteiger charge is -2.20. The van der Waals surface area contributed by atoms with Crippen LogP contribution in [0.1, 0.15) is 24.2 Å². The Morgan fingerprint density at radius 1 is 1.60 bits per heavy atom. The molecule has 1 saturated heterocycles. The lowest BCUT2D eigenvalue weighted by atomic mass is 10.2. The van der Waals surface area contributed by atoms with Crippen molar-refractivity contribution < 1.29 is 9.90 Å². The Hall–Kier alpha value is -1.73. The van der Waals surface area contributed by atoms with Crippen molar-refractivity contribution in [2.75, 3.05) is 6.54 Å². The first-order valence-electron chi connectivity index (χ1n) is 6.50. The number of hydrogen-bond acceptors (Lipinski definition) is 5. The van der Waals surface area contributed by atoms with E-state index in [0.29, 0.717) is 23.6 Å². The van der Waals surface area contributed by atoms with E-state index >= 15 is 0 Å². The zero-order valence-electron chi connectivity index (χ0n) is 11.1. The lowest BCUT2D eigenvalue weighted by Crippen LogP contribution is -2.36. The fourth-order valence-electron chi connectivity index (χ4n) is 2.69. The second kappa shape index (κ2) is 4.99. The number of carboxylic acid groups (broad SMARTS) is 1. The summed E-state index contributed by atoms with van der Waals surface area (Å²) in [5.41, 5.74) is 1.42. The Bertz CT molecular complexity index is 721. The first-order chi connectivity index (χ1) is 9.56. The van der Waals surface area contributed by atoms with Crippen LogP contribution in [0.4, 0.5) is 0 Å². The molecular weight excluding hydrogens is 278 g/mol. The molecule has 2 aromatic heterocycles. The van der Waals surface area contributed by atoms with Gasteiger partial charge in [0.25, 0.3) is 5.56 Å². The molecule has 0 aromatic carbocycles. The molecule has 2 aromatic rings. The maximum Gasteiger partial charge on any atom is 0.320 e. The number of carboxylic acids is 1. The van der Waals surface area contributed by atoms with Gasteiger partial charge in [0.2, 0.25) is 0 Å². The van der Waals surface area contributed by atoms with Crippen molar-refractivity contribution in [3.05, 3.63) is 33.2 Å². The molecular formula is C13H15N3O3S. The minimum Gasteiger partial charge on any atom is -0.480 e. The summed E-state index contributed by atoms with van der Waals surface area (Å²) in [4.78, 5) is 30.2. The summed E-state index contributed by atoms with van der Waals surface area (Å²) >= 11 is 1.42. The van der Waals surface area contributed by atoms with Gasteiger partial charge in [-0.3, -0.25) is 18.9 Å². The number of fused-ring (bicyclic) bond motifs is 1. The van der Waals surface area contributed by atoms with Crippen LogP contribution in [0, 0.1) is 6.92 Å². The molecule has 0 aliphatic carbocycles. The van der Waals surface area contributed by atoms with Crippen LogP contribution in [-0.2, 0) is 11.3 Å². The smallest absolute Gasteiger partial charge is 0.320 e. The van der Waals surface area contributed by atoms with Gasteiger partial charge >= 0.3 is 5.97 Å². The highest BCUT2D eigenvalue weighted by atomic mass is 32.1. The van der Waals surface area contributed by atoms with E-state index in [-0.39, 0.29) is 5.56 Å². The SMILES string of the molecule is Cc1csc2nc(CN3CCCC3C(=O)O)cc(=O)n12. The molecule has 3 heterocycles. The Kier molecular flexibility index (Phi) is 3.31. The van der Waals surface area contributed by atoms with Crippen LogP contribution in [0.25, 0.3) is 4.96 Å². The van der Waals surface area contributed by atoms with Gasteiger partial charge in [-0.05, 0) is 26.3 Å². The Balaban J connectivity index is 1.91. The van der Waals surface area contributed by atoms with Crippen LogP contribution in [0.15, 0.2) is 16.2 Å². The zero-order chi connectivity index (χ0) is 14.3. The van der Waals surface area contributed by atoms with E-state index in [1.807, 2.05) is 17.2 Å². The molecule has 0 radical (unpaired) electrons. The van der Waals surface area contributed by atoms with Crippen LogP contribution < -0.4 is 5.56 Å². The molecule has 1 fully saturated rings.